The van der Waals surface area contributed by atoms with Crippen molar-refractivity contribution in [2.75, 3.05) is 11.1 Å². The van der Waals surface area contributed by atoms with E-state index in [1.54, 1.807) is 0 Å². The molecule has 3 aromatic carbocycles. The molecule has 1 N–H and O–H groups in total. The van der Waals surface area contributed by atoms with E-state index in [2.05, 4.69) is 15.5 Å². The molecule has 0 aliphatic carbocycles. The number of nitrogens with zero attached hydrogens (tertiary/aromatic N) is 3. The topological polar surface area (TPSA) is 59.8 Å². The number of hydrogen-bond acceptors (Lipinski definition) is 4. The number of rotatable bonds is 6. The van der Waals surface area contributed by atoms with Crippen molar-refractivity contribution < 1.29 is 4.79 Å². The van der Waals surface area contributed by atoms with Crippen molar-refractivity contribution in [1.82, 2.24) is 14.8 Å². The highest BCUT2D eigenvalue weighted by atomic mass is 35.5. The van der Waals surface area contributed by atoms with Gasteiger partial charge in [0, 0.05) is 22.0 Å². The molecule has 0 saturated carbocycles. The summed E-state index contributed by atoms with van der Waals surface area (Å²) >= 11 is 7.70. The van der Waals surface area contributed by atoms with Gasteiger partial charge in [0.05, 0.1) is 5.75 Å². The monoisotopic (exact) mass is 462 g/mol. The van der Waals surface area contributed by atoms with Gasteiger partial charge in [-0.15, -0.1) is 10.2 Å². The number of aromatic nitrogens is 3. The quantitative estimate of drug-likeness (QED) is 0.344. The molecule has 0 saturated heterocycles. The van der Waals surface area contributed by atoms with Crippen LogP contribution in [-0.4, -0.2) is 26.4 Å². The molecule has 32 heavy (non-hydrogen) atoms. The number of nitrogens with one attached hydrogen (secondary N) is 1. The van der Waals surface area contributed by atoms with E-state index in [-0.39, 0.29) is 11.7 Å². The minimum absolute atomic E-state index is 0.0914. The van der Waals surface area contributed by atoms with Gasteiger partial charge in [-0.25, -0.2) is 0 Å². The van der Waals surface area contributed by atoms with Gasteiger partial charge in [0.2, 0.25) is 5.91 Å². The number of hydrogen-bond donors (Lipinski definition) is 1. The Kier molecular flexibility index (Phi) is 6.63. The van der Waals surface area contributed by atoms with E-state index in [4.69, 9.17) is 11.6 Å². The Balaban J connectivity index is 1.61. The van der Waals surface area contributed by atoms with E-state index in [1.165, 1.54) is 11.8 Å². The molecule has 1 amide bonds. The van der Waals surface area contributed by atoms with E-state index in [9.17, 15) is 4.79 Å². The maximum absolute atomic E-state index is 12.6. The number of benzene rings is 3. The lowest BCUT2D eigenvalue weighted by Crippen LogP contribution is -2.15. The summed E-state index contributed by atoms with van der Waals surface area (Å²) in [4.78, 5) is 12.6. The lowest BCUT2D eigenvalue weighted by atomic mass is 10.1. The highest BCUT2D eigenvalue weighted by molar-refractivity contribution is 7.99. The van der Waals surface area contributed by atoms with Gasteiger partial charge in [-0.05, 0) is 61.7 Å². The molecule has 5 nitrogen and oxygen atoms in total. The zero-order valence-electron chi connectivity index (χ0n) is 18.1. The minimum Gasteiger partial charge on any atom is -0.325 e. The van der Waals surface area contributed by atoms with Crippen LogP contribution < -0.4 is 5.32 Å². The van der Waals surface area contributed by atoms with E-state index in [1.807, 2.05) is 92.1 Å². The van der Waals surface area contributed by atoms with Crippen LogP contribution in [0, 0.1) is 20.8 Å². The maximum Gasteiger partial charge on any atom is 0.234 e. The van der Waals surface area contributed by atoms with Crippen LogP contribution in [-0.2, 0) is 4.79 Å². The van der Waals surface area contributed by atoms with E-state index >= 15 is 0 Å². The third-order valence-corrected chi connectivity index (χ3v) is 6.41. The molecular weight excluding hydrogens is 440 g/mol. The fourth-order valence-electron chi connectivity index (χ4n) is 3.28. The largest absolute Gasteiger partial charge is 0.325 e. The minimum atomic E-state index is -0.0914. The second-order valence-corrected chi connectivity index (χ2v) is 8.95. The Morgan fingerprint density at radius 1 is 0.969 bits per heavy atom. The molecular formula is C25H23ClN4OS. The predicted molar refractivity (Wildman–Crippen MR) is 132 cm³/mol. The number of para-hydroxylation sites is 1. The van der Waals surface area contributed by atoms with Crippen molar-refractivity contribution >= 4 is 35.0 Å². The lowest BCUT2D eigenvalue weighted by molar-refractivity contribution is -0.113. The first kappa shape index (κ1) is 22.1. The number of anilines is 1. The molecule has 0 radical (unpaired) electrons. The Bertz CT molecular complexity index is 1270. The fraction of sp³-hybridized carbons (Fsp3) is 0.160. The van der Waals surface area contributed by atoms with Gasteiger partial charge in [0.25, 0.3) is 0 Å². The van der Waals surface area contributed by atoms with Crippen LogP contribution in [0.4, 0.5) is 5.69 Å². The van der Waals surface area contributed by atoms with Crippen molar-refractivity contribution in [3.05, 3.63) is 88.4 Å². The molecule has 0 atom stereocenters. The van der Waals surface area contributed by atoms with Gasteiger partial charge in [-0.2, -0.15) is 0 Å². The van der Waals surface area contributed by atoms with Crippen molar-refractivity contribution in [3.63, 3.8) is 0 Å². The SMILES string of the molecule is Cc1ccc(C)c(NC(=O)CSc2nnc(-c3ccc(C)c(Cl)c3)n2-c2ccccc2)c1. The van der Waals surface area contributed by atoms with Crippen molar-refractivity contribution in [2.45, 2.75) is 25.9 Å². The molecule has 0 spiro atoms. The standard InChI is InChI=1S/C25H23ClN4OS/c1-16-9-10-18(3)22(13-16)27-23(31)15-32-25-29-28-24(19-12-11-17(2)21(26)14-19)30(25)20-7-5-4-6-8-20/h4-14H,15H2,1-3H3,(H,27,31). The van der Waals surface area contributed by atoms with Crippen LogP contribution in [0.3, 0.4) is 0 Å². The third-order valence-electron chi connectivity index (χ3n) is 5.08. The van der Waals surface area contributed by atoms with Gasteiger partial charge in [0.15, 0.2) is 11.0 Å². The van der Waals surface area contributed by atoms with Gasteiger partial charge >= 0.3 is 0 Å². The van der Waals surface area contributed by atoms with Crippen LogP contribution in [0.2, 0.25) is 5.02 Å². The number of carbonyl (C=O) groups is 1. The average molecular weight is 463 g/mol. The summed E-state index contributed by atoms with van der Waals surface area (Å²) in [5.41, 5.74) is 5.74. The Morgan fingerprint density at radius 3 is 2.47 bits per heavy atom. The first-order valence-corrected chi connectivity index (χ1v) is 11.6. The van der Waals surface area contributed by atoms with E-state index in [0.717, 1.165) is 33.6 Å². The summed E-state index contributed by atoms with van der Waals surface area (Å²) in [5.74, 6) is 0.800. The number of carbonyl (C=O) groups excluding carboxylic acids is 1. The predicted octanol–water partition coefficient (Wildman–Crippen LogP) is 6.24. The Hall–Kier alpha value is -3.09. The Morgan fingerprint density at radius 2 is 1.72 bits per heavy atom. The van der Waals surface area contributed by atoms with Gasteiger partial charge < -0.3 is 5.32 Å². The third kappa shape index (κ3) is 4.87. The fourth-order valence-corrected chi connectivity index (χ4v) is 4.21. The second kappa shape index (κ2) is 9.59. The van der Waals surface area contributed by atoms with Crippen molar-refractivity contribution in [1.29, 1.82) is 0 Å². The molecule has 0 aliphatic rings. The van der Waals surface area contributed by atoms with Gasteiger partial charge in [-0.3, -0.25) is 9.36 Å². The van der Waals surface area contributed by atoms with Crippen molar-refractivity contribution in [3.8, 4) is 17.1 Å². The summed E-state index contributed by atoms with van der Waals surface area (Å²) in [5, 5.41) is 13.1. The van der Waals surface area contributed by atoms with Crippen LogP contribution in [0.25, 0.3) is 17.1 Å². The number of amides is 1. The molecule has 0 bridgehead atoms. The highest BCUT2D eigenvalue weighted by Crippen LogP contribution is 2.30. The van der Waals surface area contributed by atoms with Crippen LogP contribution in [0.5, 0.6) is 0 Å². The van der Waals surface area contributed by atoms with E-state index < -0.39 is 0 Å². The normalized spacial score (nSPS) is 10.9. The zero-order chi connectivity index (χ0) is 22.7. The summed E-state index contributed by atoms with van der Waals surface area (Å²) in [7, 11) is 0. The summed E-state index contributed by atoms with van der Waals surface area (Å²) in [6.45, 7) is 5.95. The lowest BCUT2D eigenvalue weighted by Gasteiger charge is -2.12. The summed E-state index contributed by atoms with van der Waals surface area (Å²) in [6.07, 6.45) is 0. The summed E-state index contributed by atoms with van der Waals surface area (Å²) in [6, 6.07) is 21.7. The number of thioether (sulfide) groups is 1. The molecule has 1 heterocycles. The molecule has 0 fully saturated rings. The second-order valence-electron chi connectivity index (χ2n) is 7.60. The van der Waals surface area contributed by atoms with Crippen LogP contribution >= 0.6 is 23.4 Å². The first-order chi connectivity index (χ1) is 15.4. The van der Waals surface area contributed by atoms with E-state index in [0.29, 0.717) is 16.0 Å². The molecule has 0 unspecified atom stereocenters. The molecule has 4 rings (SSSR count). The molecule has 7 heteroatoms. The smallest absolute Gasteiger partial charge is 0.234 e. The maximum atomic E-state index is 12.6. The molecule has 162 valence electrons. The zero-order valence-corrected chi connectivity index (χ0v) is 19.7. The van der Waals surface area contributed by atoms with Gasteiger partial charge in [0.1, 0.15) is 0 Å². The summed E-state index contributed by atoms with van der Waals surface area (Å²) < 4.78 is 1.96. The first-order valence-electron chi connectivity index (χ1n) is 10.2. The molecule has 1 aromatic heterocycles. The molecule has 0 aliphatic heterocycles. The Labute approximate surface area is 196 Å². The average Bonchev–Trinajstić information content (AvgIpc) is 3.21. The number of halogens is 1. The highest BCUT2D eigenvalue weighted by Gasteiger charge is 2.18. The van der Waals surface area contributed by atoms with Gasteiger partial charge in [-0.1, -0.05) is 65.8 Å². The molecule has 4 aromatic rings. The van der Waals surface area contributed by atoms with Crippen molar-refractivity contribution in [2.24, 2.45) is 0 Å². The van der Waals surface area contributed by atoms with Crippen LogP contribution in [0.15, 0.2) is 71.9 Å². The number of aryl methyl sites for hydroxylation is 3. The van der Waals surface area contributed by atoms with Crippen LogP contribution in [0.1, 0.15) is 16.7 Å².